The zero-order valence-corrected chi connectivity index (χ0v) is 17.8. The Morgan fingerprint density at radius 1 is 0.968 bits per heavy atom. The highest BCUT2D eigenvalue weighted by Crippen LogP contribution is 2.64. The third-order valence-electron chi connectivity index (χ3n) is 7.45. The van der Waals surface area contributed by atoms with Gasteiger partial charge in [-0.05, 0) is 42.8 Å². The molecule has 0 bridgehead atoms. The predicted molar refractivity (Wildman–Crippen MR) is 120 cm³/mol. The molecule has 4 nitrogen and oxygen atoms in total. The molecule has 0 radical (unpaired) electrons. The van der Waals surface area contributed by atoms with Crippen LogP contribution in [0.15, 0.2) is 72.8 Å². The number of amides is 1. The highest BCUT2D eigenvalue weighted by atomic mass is 35.5. The zero-order chi connectivity index (χ0) is 21.4. The van der Waals surface area contributed by atoms with E-state index in [4.69, 9.17) is 11.6 Å². The van der Waals surface area contributed by atoms with Crippen molar-refractivity contribution in [2.75, 3.05) is 18.9 Å². The molecule has 3 unspecified atom stereocenters. The molecule has 5 heteroatoms. The number of anilines is 1. The first kappa shape index (κ1) is 18.8. The number of benzene rings is 3. The second kappa shape index (κ2) is 6.28. The van der Waals surface area contributed by atoms with Crippen LogP contribution in [0.5, 0.6) is 0 Å². The van der Waals surface area contributed by atoms with E-state index >= 15 is 0 Å². The van der Waals surface area contributed by atoms with Crippen molar-refractivity contribution in [3.8, 4) is 0 Å². The van der Waals surface area contributed by atoms with Gasteiger partial charge in [-0.1, -0.05) is 66.2 Å². The topological polar surface area (TPSA) is 49.4 Å². The number of hydrogen-bond acceptors (Lipinski definition) is 3. The average Bonchev–Trinajstić information content (AvgIpc) is 3.32. The lowest BCUT2D eigenvalue weighted by Gasteiger charge is -2.38. The molecular weight excluding hydrogens is 408 g/mol. The van der Waals surface area contributed by atoms with Gasteiger partial charge in [0.25, 0.3) is 0 Å². The predicted octanol–water partition coefficient (Wildman–Crippen LogP) is 4.64. The summed E-state index contributed by atoms with van der Waals surface area (Å²) < 4.78 is 0. The summed E-state index contributed by atoms with van der Waals surface area (Å²) in [6.07, 6.45) is 0.622. The Morgan fingerprint density at radius 2 is 1.68 bits per heavy atom. The van der Waals surface area contributed by atoms with E-state index in [0.717, 1.165) is 27.9 Å². The second-order valence-corrected chi connectivity index (χ2v) is 9.36. The first-order valence-electron chi connectivity index (χ1n) is 10.5. The molecule has 154 valence electrons. The van der Waals surface area contributed by atoms with Crippen LogP contribution in [-0.2, 0) is 16.8 Å². The van der Waals surface area contributed by atoms with Crippen LogP contribution in [0, 0.1) is 5.41 Å². The number of fused-ring (bicyclic) bond motifs is 3. The van der Waals surface area contributed by atoms with Crippen molar-refractivity contribution >= 4 is 29.0 Å². The highest BCUT2D eigenvalue weighted by molar-refractivity contribution is 6.30. The lowest BCUT2D eigenvalue weighted by Crippen LogP contribution is -2.49. The summed E-state index contributed by atoms with van der Waals surface area (Å²) in [5.74, 6) is -0.286. The normalized spacial score (nSPS) is 28.9. The number of halogens is 1. The number of carbonyl (C=O) groups excluding carboxylic acids is 2. The molecule has 1 aliphatic carbocycles. The molecule has 3 aromatic carbocycles. The standard InChI is InChI=1S/C26H21ClN2O2/c1-29-15-25(14-17-6-2-3-7-19(17)23(25)30)22(16-10-12-18(27)13-11-16)26(29)20-8-4-5-9-21(20)28-24(26)31/h2-13,22H,14-15H2,1H3,(H,28,31). The molecule has 0 aromatic heterocycles. The summed E-state index contributed by atoms with van der Waals surface area (Å²) in [5, 5.41) is 3.73. The van der Waals surface area contributed by atoms with Crippen molar-refractivity contribution in [1.82, 2.24) is 4.90 Å². The van der Waals surface area contributed by atoms with Gasteiger partial charge in [-0.3, -0.25) is 14.5 Å². The zero-order valence-electron chi connectivity index (χ0n) is 17.1. The number of para-hydroxylation sites is 1. The maximum Gasteiger partial charge on any atom is 0.250 e. The number of nitrogens with one attached hydrogen (secondary N) is 1. The molecule has 2 spiro atoms. The summed E-state index contributed by atoms with van der Waals surface area (Å²) in [5.41, 5.74) is 2.87. The minimum absolute atomic E-state index is 0.0724. The van der Waals surface area contributed by atoms with Crippen LogP contribution in [0.4, 0.5) is 5.69 Å². The fraction of sp³-hybridized carbons (Fsp3) is 0.231. The maximum absolute atomic E-state index is 14.0. The Kier molecular flexibility index (Phi) is 3.81. The summed E-state index contributed by atoms with van der Waals surface area (Å²) in [7, 11) is 1.97. The third-order valence-corrected chi connectivity index (χ3v) is 7.70. The molecule has 3 aromatic rings. The molecule has 2 aliphatic heterocycles. The minimum Gasteiger partial charge on any atom is -0.324 e. The van der Waals surface area contributed by atoms with Gasteiger partial charge in [-0.15, -0.1) is 0 Å². The monoisotopic (exact) mass is 428 g/mol. The van der Waals surface area contributed by atoms with Crippen LogP contribution < -0.4 is 5.32 Å². The van der Waals surface area contributed by atoms with E-state index in [1.165, 1.54) is 0 Å². The second-order valence-electron chi connectivity index (χ2n) is 8.93. The summed E-state index contributed by atoms with van der Waals surface area (Å²) in [6, 6.07) is 23.3. The molecule has 1 fully saturated rings. The average molecular weight is 429 g/mol. The number of nitrogens with zero attached hydrogens (tertiary/aromatic N) is 1. The van der Waals surface area contributed by atoms with Crippen molar-refractivity contribution in [1.29, 1.82) is 0 Å². The van der Waals surface area contributed by atoms with Crippen molar-refractivity contribution in [3.05, 3.63) is 100 Å². The van der Waals surface area contributed by atoms with Crippen molar-refractivity contribution in [2.45, 2.75) is 17.9 Å². The van der Waals surface area contributed by atoms with E-state index < -0.39 is 11.0 Å². The third kappa shape index (κ3) is 2.24. The molecule has 3 atom stereocenters. The van der Waals surface area contributed by atoms with Crippen LogP contribution in [-0.4, -0.2) is 30.2 Å². The van der Waals surface area contributed by atoms with Crippen molar-refractivity contribution in [2.24, 2.45) is 5.41 Å². The fourth-order valence-electron chi connectivity index (χ4n) is 6.35. The molecule has 0 saturated carbocycles. The van der Waals surface area contributed by atoms with Gasteiger partial charge in [0, 0.05) is 34.3 Å². The fourth-order valence-corrected chi connectivity index (χ4v) is 6.48. The summed E-state index contributed by atoms with van der Waals surface area (Å²) >= 11 is 6.20. The largest absolute Gasteiger partial charge is 0.324 e. The van der Waals surface area contributed by atoms with Gasteiger partial charge in [0.1, 0.15) is 5.54 Å². The Labute approximate surface area is 185 Å². The van der Waals surface area contributed by atoms with E-state index in [1.54, 1.807) is 0 Å². The van der Waals surface area contributed by atoms with E-state index in [9.17, 15) is 9.59 Å². The van der Waals surface area contributed by atoms with E-state index in [2.05, 4.69) is 10.2 Å². The van der Waals surface area contributed by atoms with Gasteiger partial charge in [0.2, 0.25) is 5.91 Å². The Bertz CT molecular complexity index is 1250. The Hall–Kier alpha value is -2.95. The van der Waals surface area contributed by atoms with Crippen molar-refractivity contribution < 1.29 is 9.59 Å². The lowest BCUT2D eigenvalue weighted by atomic mass is 9.63. The van der Waals surface area contributed by atoms with E-state index in [0.29, 0.717) is 18.0 Å². The molecule has 3 aliphatic rings. The number of likely N-dealkylation sites (N-methyl/N-ethyl adjacent to an activating group) is 1. The Balaban J connectivity index is 1.65. The number of rotatable bonds is 1. The molecule has 2 heterocycles. The summed E-state index contributed by atoms with van der Waals surface area (Å²) in [4.78, 5) is 29.8. The smallest absolute Gasteiger partial charge is 0.250 e. The first-order chi connectivity index (χ1) is 15.0. The highest BCUT2D eigenvalue weighted by Gasteiger charge is 2.70. The van der Waals surface area contributed by atoms with Gasteiger partial charge >= 0.3 is 0 Å². The van der Waals surface area contributed by atoms with Crippen LogP contribution in [0.3, 0.4) is 0 Å². The molecule has 6 rings (SSSR count). The minimum atomic E-state index is -0.956. The van der Waals surface area contributed by atoms with Gasteiger partial charge in [-0.25, -0.2) is 0 Å². The van der Waals surface area contributed by atoms with Gasteiger partial charge < -0.3 is 5.32 Å². The molecule has 1 saturated heterocycles. The number of ketones is 1. The van der Waals surface area contributed by atoms with Crippen molar-refractivity contribution in [3.63, 3.8) is 0 Å². The van der Waals surface area contributed by atoms with Crippen LogP contribution in [0.2, 0.25) is 5.02 Å². The van der Waals surface area contributed by atoms with Gasteiger partial charge in [0.05, 0.1) is 5.41 Å². The maximum atomic E-state index is 14.0. The first-order valence-corrected chi connectivity index (χ1v) is 10.9. The molecule has 1 N–H and O–H groups in total. The quantitative estimate of drug-likeness (QED) is 0.614. The van der Waals surface area contributed by atoms with Crippen LogP contribution in [0.25, 0.3) is 0 Å². The molecule has 31 heavy (non-hydrogen) atoms. The van der Waals surface area contributed by atoms with E-state index in [-0.39, 0.29) is 17.6 Å². The number of hydrogen-bond donors (Lipinski definition) is 1. The number of likely N-dealkylation sites (tertiary alicyclic amines) is 1. The van der Waals surface area contributed by atoms with Gasteiger partial charge in [0.15, 0.2) is 5.78 Å². The summed E-state index contributed by atoms with van der Waals surface area (Å²) in [6.45, 7) is 0.509. The number of Topliss-reactive ketones (excluding diaryl/α,β-unsaturated/α-hetero) is 1. The SMILES string of the molecule is CN1CC2(Cc3ccccc3C2=O)C(c2ccc(Cl)cc2)C12C(=O)Nc1ccccc12. The van der Waals surface area contributed by atoms with Crippen LogP contribution in [0.1, 0.15) is 33.0 Å². The molecular formula is C26H21ClN2O2. The van der Waals surface area contributed by atoms with E-state index in [1.807, 2.05) is 79.8 Å². The lowest BCUT2D eigenvalue weighted by molar-refractivity contribution is -0.126. The Morgan fingerprint density at radius 3 is 2.45 bits per heavy atom. The number of carbonyl (C=O) groups is 2. The van der Waals surface area contributed by atoms with Gasteiger partial charge in [-0.2, -0.15) is 0 Å². The van der Waals surface area contributed by atoms with Crippen LogP contribution >= 0.6 is 11.6 Å². The molecule has 1 amide bonds.